The van der Waals surface area contributed by atoms with Crippen LogP contribution in [0.2, 0.25) is 0 Å². The summed E-state index contributed by atoms with van der Waals surface area (Å²) < 4.78 is 10.6. The van der Waals surface area contributed by atoms with Crippen LogP contribution in [0.3, 0.4) is 0 Å². The molecule has 1 N–H and O–H groups in total. The van der Waals surface area contributed by atoms with Crippen molar-refractivity contribution in [2.75, 3.05) is 25.6 Å². The molecule has 7 nitrogen and oxygen atoms in total. The van der Waals surface area contributed by atoms with Crippen LogP contribution in [0.25, 0.3) is 0 Å². The number of furan rings is 1. The van der Waals surface area contributed by atoms with E-state index in [0.717, 1.165) is 22.5 Å². The van der Waals surface area contributed by atoms with Gasteiger partial charge in [0.15, 0.2) is 0 Å². The summed E-state index contributed by atoms with van der Waals surface area (Å²) in [6.07, 6.45) is 1.59. The molecule has 0 unspecified atom stereocenters. The molecule has 3 aromatic rings. The molecule has 0 bridgehead atoms. The Morgan fingerprint density at radius 3 is 2.35 bits per heavy atom. The molecule has 164 valence electrons. The highest BCUT2D eigenvalue weighted by atomic mass is 16.5. The van der Waals surface area contributed by atoms with E-state index in [-0.39, 0.29) is 5.91 Å². The van der Waals surface area contributed by atoms with Crippen LogP contribution in [0, 0.1) is 13.8 Å². The van der Waals surface area contributed by atoms with Gasteiger partial charge in [-0.2, -0.15) is 0 Å². The lowest BCUT2D eigenvalue weighted by Crippen LogP contribution is -2.30. The van der Waals surface area contributed by atoms with Gasteiger partial charge in [-0.15, -0.1) is 0 Å². The number of aromatic nitrogens is 1. The van der Waals surface area contributed by atoms with E-state index in [0.29, 0.717) is 36.7 Å². The minimum absolute atomic E-state index is 0.112. The Kier molecular flexibility index (Phi) is 6.84. The zero-order valence-corrected chi connectivity index (χ0v) is 18.7. The van der Waals surface area contributed by atoms with Gasteiger partial charge in [0.05, 0.1) is 19.4 Å². The lowest BCUT2D eigenvalue weighted by atomic mass is 10.1. The number of carbonyl (C=O) groups is 2. The lowest BCUT2D eigenvalue weighted by Gasteiger charge is -2.23. The van der Waals surface area contributed by atoms with Gasteiger partial charge in [-0.1, -0.05) is 0 Å². The van der Waals surface area contributed by atoms with E-state index in [1.165, 1.54) is 0 Å². The average Bonchev–Trinajstić information content (AvgIpc) is 3.36. The lowest BCUT2D eigenvalue weighted by molar-refractivity contribution is 0.0519. The summed E-state index contributed by atoms with van der Waals surface area (Å²) in [7, 11) is 3.91. The molecule has 0 atom stereocenters. The molecule has 1 aromatic carbocycles. The molecule has 2 aromatic heterocycles. The third-order valence-corrected chi connectivity index (χ3v) is 5.27. The molecule has 31 heavy (non-hydrogen) atoms. The van der Waals surface area contributed by atoms with Crippen molar-refractivity contribution >= 4 is 17.6 Å². The van der Waals surface area contributed by atoms with Crippen molar-refractivity contribution in [3.63, 3.8) is 0 Å². The highest BCUT2D eigenvalue weighted by Crippen LogP contribution is 2.23. The SMILES string of the molecule is CCOC(=O)c1[nH]c(C)c(CN(Cc2ccco2)C(=O)c2ccc(N(C)C)cc2)c1C. The maximum atomic E-state index is 13.4. The number of anilines is 1. The van der Waals surface area contributed by atoms with Crippen LogP contribution in [-0.4, -0.2) is 42.5 Å². The van der Waals surface area contributed by atoms with Gasteiger partial charge in [-0.25, -0.2) is 4.79 Å². The molecule has 0 aliphatic carbocycles. The fraction of sp³-hybridized carbons (Fsp3) is 0.333. The van der Waals surface area contributed by atoms with Crippen LogP contribution >= 0.6 is 0 Å². The van der Waals surface area contributed by atoms with Crippen molar-refractivity contribution in [2.45, 2.75) is 33.9 Å². The number of hydrogen-bond acceptors (Lipinski definition) is 5. The number of esters is 1. The van der Waals surface area contributed by atoms with Crippen LogP contribution in [0.5, 0.6) is 0 Å². The van der Waals surface area contributed by atoms with Crippen LogP contribution in [0.15, 0.2) is 47.1 Å². The van der Waals surface area contributed by atoms with Crippen molar-refractivity contribution in [1.82, 2.24) is 9.88 Å². The fourth-order valence-electron chi connectivity index (χ4n) is 3.50. The van der Waals surface area contributed by atoms with Crippen LogP contribution < -0.4 is 4.90 Å². The van der Waals surface area contributed by atoms with Gasteiger partial charge >= 0.3 is 5.97 Å². The molecule has 0 saturated heterocycles. The maximum Gasteiger partial charge on any atom is 0.355 e. The second kappa shape index (κ2) is 9.55. The monoisotopic (exact) mass is 423 g/mol. The summed E-state index contributed by atoms with van der Waals surface area (Å²) in [5.41, 5.74) is 4.55. The quantitative estimate of drug-likeness (QED) is 0.546. The first kappa shape index (κ1) is 22.2. The van der Waals surface area contributed by atoms with E-state index >= 15 is 0 Å². The largest absolute Gasteiger partial charge is 0.467 e. The van der Waals surface area contributed by atoms with Crippen molar-refractivity contribution in [1.29, 1.82) is 0 Å². The van der Waals surface area contributed by atoms with E-state index in [2.05, 4.69) is 4.98 Å². The number of nitrogens with one attached hydrogen (secondary N) is 1. The fourth-order valence-corrected chi connectivity index (χ4v) is 3.50. The van der Waals surface area contributed by atoms with Crippen molar-refractivity contribution < 1.29 is 18.7 Å². The zero-order valence-electron chi connectivity index (χ0n) is 18.7. The van der Waals surface area contributed by atoms with Gasteiger partial charge in [-0.3, -0.25) is 4.79 Å². The summed E-state index contributed by atoms with van der Waals surface area (Å²) in [4.78, 5) is 32.5. The van der Waals surface area contributed by atoms with Crippen LogP contribution in [-0.2, 0) is 17.8 Å². The molecule has 2 heterocycles. The molecular weight excluding hydrogens is 394 g/mol. The number of benzene rings is 1. The standard InChI is InChI=1S/C24H29N3O4/c1-6-30-24(29)22-16(2)21(17(3)25-22)15-27(14-20-8-7-13-31-20)23(28)18-9-11-19(12-10-18)26(4)5/h7-13,25H,6,14-15H2,1-5H3. The van der Waals surface area contributed by atoms with Gasteiger partial charge in [-0.05, 0) is 68.3 Å². The number of hydrogen-bond donors (Lipinski definition) is 1. The number of nitrogens with zero attached hydrogens (tertiary/aromatic N) is 2. The van der Waals surface area contributed by atoms with Gasteiger partial charge in [0.2, 0.25) is 0 Å². The van der Waals surface area contributed by atoms with E-state index < -0.39 is 5.97 Å². The highest BCUT2D eigenvalue weighted by molar-refractivity contribution is 5.94. The maximum absolute atomic E-state index is 13.4. The number of carbonyl (C=O) groups excluding carboxylic acids is 2. The second-order valence-corrected chi connectivity index (χ2v) is 7.63. The minimum atomic E-state index is -0.391. The molecule has 0 saturated carbocycles. The number of amides is 1. The van der Waals surface area contributed by atoms with Crippen molar-refractivity contribution in [3.05, 3.63) is 76.5 Å². The second-order valence-electron chi connectivity index (χ2n) is 7.63. The Labute approximate surface area is 182 Å². The van der Waals surface area contributed by atoms with Crippen LogP contribution in [0.1, 0.15) is 50.4 Å². The normalized spacial score (nSPS) is 10.7. The van der Waals surface area contributed by atoms with E-state index in [1.807, 2.05) is 63.2 Å². The zero-order chi connectivity index (χ0) is 22.5. The van der Waals surface area contributed by atoms with Crippen LogP contribution in [0.4, 0.5) is 5.69 Å². The average molecular weight is 424 g/mol. The summed E-state index contributed by atoms with van der Waals surface area (Å²) in [6.45, 7) is 6.49. The molecule has 0 radical (unpaired) electrons. The molecule has 0 fully saturated rings. The molecule has 1 amide bonds. The Morgan fingerprint density at radius 2 is 1.77 bits per heavy atom. The molecular formula is C24H29N3O4. The molecule has 0 aliphatic rings. The summed E-state index contributed by atoms with van der Waals surface area (Å²) in [5.74, 6) is 0.187. The van der Waals surface area contributed by atoms with Gasteiger partial charge in [0.1, 0.15) is 11.5 Å². The number of rotatable bonds is 8. The number of aryl methyl sites for hydroxylation is 1. The predicted molar refractivity (Wildman–Crippen MR) is 119 cm³/mol. The Morgan fingerprint density at radius 1 is 1.06 bits per heavy atom. The van der Waals surface area contributed by atoms with E-state index in [1.54, 1.807) is 24.2 Å². The Balaban J connectivity index is 1.91. The smallest absolute Gasteiger partial charge is 0.355 e. The van der Waals surface area contributed by atoms with Crippen molar-refractivity contribution in [2.24, 2.45) is 0 Å². The first-order chi connectivity index (χ1) is 14.8. The third kappa shape index (κ3) is 4.99. The van der Waals surface area contributed by atoms with Crippen molar-refractivity contribution in [3.8, 4) is 0 Å². The predicted octanol–water partition coefficient (Wildman–Crippen LogP) is 4.31. The van der Waals surface area contributed by atoms with Gasteiger partial charge < -0.3 is 23.9 Å². The summed E-state index contributed by atoms with van der Waals surface area (Å²) in [6, 6.07) is 11.1. The van der Waals surface area contributed by atoms with Gasteiger partial charge in [0, 0.05) is 37.6 Å². The number of H-pyrrole nitrogens is 1. The molecule has 7 heteroatoms. The van der Waals surface area contributed by atoms with Gasteiger partial charge in [0.25, 0.3) is 5.91 Å². The Bertz CT molecular complexity index is 1030. The van der Waals surface area contributed by atoms with E-state index in [4.69, 9.17) is 9.15 Å². The minimum Gasteiger partial charge on any atom is -0.467 e. The number of ether oxygens (including phenoxy) is 1. The topological polar surface area (TPSA) is 78.8 Å². The summed E-state index contributed by atoms with van der Waals surface area (Å²) >= 11 is 0. The van der Waals surface area contributed by atoms with E-state index in [9.17, 15) is 9.59 Å². The highest BCUT2D eigenvalue weighted by Gasteiger charge is 2.24. The molecule has 0 spiro atoms. The first-order valence-corrected chi connectivity index (χ1v) is 10.3. The third-order valence-electron chi connectivity index (χ3n) is 5.27. The number of aromatic amines is 1. The summed E-state index contributed by atoms with van der Waals surface area (Å²) in [5, 5.41) is 0. The first-order valence-electron chi connectivity index (χ1n) is 10.3. The molecule has 0 aliphatic heterocycles. The Hall–Kier alpha value is -3.48. The molecule has 3 rings (SSSR count).